The van der Waals surface area contributed by atoms with Crippen LogP contribution in [0, 0.1) is 4.91 Å². The van der Waals surface area contributed by atoms with E-state index in [1.165, 1.54) is 0 Å². The van der Waals surface area contributed by atoms with E-state index in [4.69, 9.17) is 4.74 Å². The number of nitrogens with zero attached hydrogens (tertiary/aromatic N) is 2. The maximum atomic E-state index is 11.1. The third-order valence-electron chi connectivity index (χ3n) is 3.60. The van der Waals surface area contributed by atoms with Gasteiger partial charge in [0.1, 0.15) is 12.1 Å². The van der Waals surface area contributed by atoms with Crippen LogP contribution in [-0.4, -0.2) is 18.2 Å². The molecule has 1 saturated heterocycles. The summed E-state index contributed by atoms with van der Waals surface area (Å²) in [6.45, 7) is 1.03. The largest absolute Gasteiger partial charge is 0.369 e. The lowest BCUT2D eigenvalue weighted by molar-refractivity contribution is -0.0755. The lowest BCUT2D eigenvalue weighted by atomic mass is 9.94. The van der Waals surface area contributed by atoms with E-state index in [2.05, 4.69) is 5.29 Å². The molecule has 4 heteroatoms. The summed E-state index contributed by atoms with van der Waals surface area (Å²) in [5, 5.41) is 4.76. The lowest BCUT2D eigenvalue weighted by Crippen LogP contribution is -2.37. The van der Waals surface area contributed by atoms with E-state index in [-0.39, 0.29) is 12.1 Å². The van der Waals surface area contributed by atoms with E-state index >= 15 is 0 Å². The molecule has 102 valence electrons. The summed E-state index contributed by atoms with van der Waals surface area (Å²) in [5.74, 6) is 0. The summed E-state index contributed by atoms with van der Waals surface area (Å²) in [7, 11) is 0. The van der Waals surface area contributed by atoms with Gasteiger partial charge in [-0.3, -0.25) is 0 Å². The van der Waals surface area contributed by atoms with Gasteiger partial charge in [0.05, 0.1) is 18.4 Å². The summed E-state index contributed by atoms with van der Waals surface area (Å²) in [4.78, 5) is 11.1. The summed E-state index contributed by atoms with van der Waals surface area (Å²) < 4.78 is 5.92. The van der Waals surface area contributed by atoms with Gasteiger partial charge in [-0.25, -0.2) is 5.01 Å². The van der Waals surface area contributed by atoms with Crippen molar-refractivity contribution in [3.05, 3.63) is 76.7 Å². The Morgan fingerprint density at radius 1 is 0.950 bits per heavy atom. The molecule has 2 atom stereocenters. The van der Waals surface area contributed by atoms with Gasteiger partial charge in [0.25, 0.3) is 0 Å². The van der Waals surface area contributed by atoms with Crippen molar-refractivity contribution in [3.8, 4) is 0 Å². The second-order valence-electron chi connectivity index (χ2n) is 4.80. The van der Waals surface area contributed by atoms with Crippen LogP contribution in [0.15, 0.2) is 65.9 Å². The first kappa shape index (κ1) is 12.8. The van der Waals surface area contributed by atoms with Crippen LogP contribution < -0.4 is 0 Å². The van der Waals surface area contributed by atoms with Gasteiger partial charge in [-0.05, 0) is 11.1 Å². The molecule has 1 aliphatic rings. The molecule has 0 amide bonds. The predicted octanol–water partition coefficient (Wildman–Crippen LogP) is 3.48. The highest BCUT2D eigenvalue weighted by atomic mass is 16.5. The van der Waals surface area contributed by atoms with Crippen LogP contribution in [0.4, 0.5) is 0 Å². The van der Waals surface area contributed by atoms with E-state index in [1.807, 2.05) is 60.7 Å². The number of rotatable bonds is 3. The number of hydrogen-bond donors (Lipinski definition) is 0. The average molecular weight is 268 g/mol. The topological polar surface area (TPSA) is 41.9 Å². The minimum absolute atomic E-state index is 0.176. The van der Waals surface area contributed by atoms with Crippen molar-refractivity contribution < 1.29 is 4.74 Å². The van der Waals surface area contributed by atoms with Crippen molar-refractivity contribution in [2.24, 2.45) is 5.29 Å². The van der Waals surface area contributed by atoms with Crippen LogP contribution >= 0.6 is 0 Å². The monoisotopic (exact) mass is 268 g/mol. The van der Waals surface area contributed by atoms with Crippen LogP contribution in [0.2, 0.25) is 0 Å². The summed E-state index contributed by atoms with van der Waals surface area (Å²) in [5.41, 5.74) is 2.11. The van der Waals surface area contributed by atoms with Crippen LogP contribution in [-0.2, 0) is 4.74 Å². The fourth-order valence-corrected chi connectivity index (χ4v) is 2.67. The normalized spacial score (nSPS) is 22.5. The highest BCUT2D eigenvalue weighted by Crippen LogP contribution is 2.39. The zero-order valence-corrected chi connectivity index (χ0v) is 11.1. The fraction of sp³-hybridized carbons (Fsp3) is 0.250. The van der Waals surface area contributed by atoms with E-state index in [1.54, 1.807) is 5.01 Å². The van der Waals surface area contributed by atoms with Gasteiger partial charge in [-0.15, -0.1) is 4.91 Å². The molecular formula is C16H16N2O2. The zero-order valence-electron chi connectivity index (χ0n) is 11.1. The molecule has 4 nitrogen and oxygen atoms in total. The molecule has 0 spiro atoms. The van der Waals surface area contributed by atoms with E-state index in [0.717, 1.165) is 11.1 Å². The quantitative estimate of drug-likeness (QED) is 0.800. The molecule has 0 aromatic heterocycles. The highest BCUT2D eigenvalue weighted by Gasteiger charge is 2.34. The average Bonchev–Trinajstić information content (AvgIpc) is 2.55. The Labute approximate surface area is 117 Å². The lowest BCUT2D eigenvalue weighted by Gasteiger charge is -2.38. The standard InChI is InChI=1S/C16H16N2O2/c19-17-18-11-12-20-16(14-9-5-2-6-10-14)15(18)13-7-3-1-4-8-13/h1-10,15-16H,11-12H2. The molecule has 3 rings (SSSR count). The summed E-state index contributed by atoms with van der Waals surface area (Å²) in [6.07, 6.45) is -0.176. The number of nitroso groups, excluding NO2 is 1. The molecular weight excluding hydrogens is 252 g/mol. The van der Waals surface area contributed by atoms with Crippen LogP contribution in [0.5, 0.6) is 0 Å². The first-order valence-electron chi connectivity index (χ1n) is 6.71. The van der Waals surface area contributed by atoms with Gasteiger partial charge in [-0.2, -0.15) is 0 Å². The van der Waals surface area contributed by atoms with Crippen LogP contribution in [0.3, 0.4) is 0 Å². The second kappa shape index (κ2) is 5.84. The van der Waals surface area contributed by atoms with Crippen molar-refractivity contribution >= 4 is 0 Å². The van der Waals surface area contributed by atoms with Crippen molar-refractivity contribution in [1.29, 1.82) is 0 Å². The molecule has 0 aliphatic carbocycles. The molecule has 20 heavy (non-hydrogen) atoms. The molecule has 1 fully saturated rings. The molecule has 0 N–H and O–H groups in total. The number of benzene rings is 2. The number of morpholine rings is 1. The second-order valence-corrected chi connectivity index (χ2v) is 4.80. The van der Waals surface area contributed by atoms with Crippen molar-refractivity contribution in [2.75, 3.05) is 13.2 Å². The van der Waals surface area contributed by atoms with Crippen molar-refractivity contribution in [1.82, 2.24) is 5.01 Å². The first-order valence-corrected chi connectivity index (χ1v) is 6.71. The Hall–Kier alpha value is -2.20. The molecule has 1 aliphatic heterocycles. The maximum absolute atomic E-state index is 11.1. The Balaban J connectivity index is 2.00. The van der Waals surface area contributed by atoms with Crippen molar-refractivity contribution in [2.45, 2.75) is 12.1 Å². The van der Waals surface area contributed by atoms with Crippen molar-refractivity contribution in [3.63, 3.8) is 0 Å². The molecule has 0 saturated carbocycles. The van der Waals surface area contributed by atoms with Crippen LogP contribution in [0.1, 0.15) is 23.3 Å². The van der Waals surface area contributed by atoms with Gasteiger partial charge in [0, 0.05) is 0 Å². The minimum atomic E-state index is -0.176. The van der Waals surface area contributed by atoms with E-state index in [9.17, 15) is 4.91 Å². The number of hydrogen-bond acceptors (Lipinski definition) is 3. The SMILES string of the molecule is O=NN1CCOC(c2ccccc2)C1c1ccccc1. The highest BCUT2D eigenvalue weighted by molar-refractivity contribution is 5.27. The molecule has 1 heterocycles. The zero-order chi connectivity index (χ0) is 13.8. The fourth-order valence-electron chi connectivity index (χ4n) is 2.67. The predicted molar refractivity (Wildman–Crippen MR) is 76.8 cm³/mol. The van der Waals surface area contributed by atoms with Gasteiger partial charge >= 0.3 is 0 Å². The van der Waals surface area contributed by atoms with Gasteiger partial charge in [0.2, 0.25) is 0 Å². The molecule has 2 aromatic rings. The Bertz CT molecular complexity index is 559. The third-order valence-corrected chi connectivity index (χ3v) is 3.60. The third kappa shape index (κ3) is 2.42. The molecule has 0 bridgehead atoms. The number of ether oxygens (including phenoxy) is 1. The Kier molecular flexibility index (Phi) is 3.74. The Morgan fingerprint density at radius 2 is 1.55 bits per heavy atom. The maximum Gasteiger partial charge on any atom is 0.109 e. The molecule has 2 unspecified atom stereocenters. The summed E-state index contributed by atoms with van der Waals surface area (Å²) in [6, 6.07) is 19.7. The smallest absolute Gasteiger partial charge is 0.109 e. The summed E-state index contributed by atoms with van der Waals surface area (Å²) >= 11 is 0. The van der Waals surface area contributed by atoms with Gasteiger partial charge in [-0.1, -0.05) is 60.7 Å². The van der Waals surface area contributed by atoms with E-state index in [0.29, 0.717) is 13.2 Å². The van der Waals surface area contributed by atoms with Gasteiger partial charge < -0.3 is 4.74 Å². The molecule has 2 aromatic carbocycles. The molecule has 0 radical (unpaired) electrons. The first-order chi connectivity index (χ1) is 9.90. The van der Waals surface area contributed by atoms with E-state index < -0.39 is 0 Å². The van der Waals surface area contributed by atoms with Gasteiger partial charge in [0.15, 0.2) is 0 Å². The minimum Gasteiger partial charge on any atom is -0.369 e. The van der Waals surface area contributed by atoms with Crippen LogP contribution in [0.25, 0.3) is 0 Å². The Morgan fingerprint density at radius 3 is 2.15 bits per heavy atom.